The van der Waals surface area contributed by atoms with Gasteiger partial charge < -0.3 is 15.6 Å². The van der Waals surface area contributed by atoms with Crippen molar-refractivity contribution >= 4 is 17.7 Å². The number of hydrogen-bond acceptors (Lipinski definition) is 3. The van der Waals surface area contributed by atoms with E-state index < -0.39 is 6.09 Å². The number of halogens is 1. The minimum Gasteiger partial charge on any atom is -0.508 e. The van der Waals surface area contributed by atoms with Crippen molar-refractivity contribution in [1.82, 2.24) is 0 Å². The lowest BCUT2D eigenvalue weighted by Crippen LogP contribution is -2.18. The van der Waals surface area contributed by atoms with Gasteiger partial charge in [-0.1, -0.05) is 32.4 Å². The van der Waals surface area contributed by atoms with Crippen LogP contribution >= 0.6 is 11.6 Å². The van der Waals surface area contributed by atoms with Crippen molar-refractivity contribution in [3.63, 3.8) is 0 Å². The van der Waals surface area contributed by atoms with Crippen molar-refractivity contribution in [3.05, 3.63) is 22.7 Å². The number of ether oxygens (including phenoxy) is 1. The number of aromatic hydroxyl groups is 1. The van der Waals surface area contributed by atoms with Gasteiger partial charge in [0.05, 0.1) is 5.02 Å². The van der Waals surface area contributed by atoms with Gasteiger partial charge in [-0.15, -0.1) is 0 Å². The molecule has 0 aliphatic rings. The van der Waals surface area contributed by atoms with E-state index in [1.54, 1.807) is 0 Å². The first kappa shape index (κ1) is 12.6. The number of carbonyl (C=O) groups is 1. The van der Waals surface area contributed by atoms with Crippen LogP contribution < -0.4 is 10.5 Å². The van der Waals surface area contributed by atoms with Crippen molar-refractivity contribution in [2.45, 2.75) is 26.2 Å². The van der Waals surface area contributed by atoms with Gasteiger partial charge in [-0.05, 0) is 17.5 Å². The Bertz CT molecular complexity index is 424. The molecule has 1 amide bonds. The molecule has 0 atom stereocenters. The van der Waals surface area contributed by atoms with E-state index in [0.717, 1.165) is 0 Å². The SMILES string of the molecule is CC(C)(C)c1c(O)ccc(OC(N)=O)c1Cl. The Morgan fingerprint density at radius 1 is 1.44 bits per heavy atom. The van der Waals surface area contributed by atoms with Gasteiger partial charge in [0, 0.05) is 5.56 Å². The lowest BCUT2D eigenvalue weighted by atomic mass is 9.86. The molecule has 88 valence electrons. The Kier molecular flexibility index (Phi) is 3.33. The summed E-state index contributed by atoms with van der Waals surface area (Å²) < 4.78 is 4.73. The highest BCUT2D eigenvalue weighted by Crippen LogP contribution is 2.41. The van der Waals surface area contributed by atoms with Gasteiger partial charge in [-0.3, -0.25) is 0 Å². The van der Waals surface area contributed by atoms with Crippen LogP contribution in [0.4, 0.5) is 4.79 Å². The van der Waals surface area contributed by atoms with Crippen molar-refractivity contribution in [2.24, 2.45) is 5.73 Å². The van der Waals surface area contributed by atoms with Crippen LogP contribution in [-0.4, -0.2) is 11.2 Å². The molecule has 0 saturated heterocycles. The van der Waals surface area contributed by atoms with Gasteiger partial charge in [0.25, 0.3) is 0 Å². The maximum Gasteiger partial charge on any atom is 0.410 e. The predicted octanol–water partition coefficient (Wildman–Crippen LogP) is 2.80. The van der Waals surface area contributed by atoms with Crippen molar-refractivity contribution in [1.29, 1.82) is 0 Å². The molecule has 0 aromatic heterocycles. The standard InChI is InChI=1S/C11H14ClNO3/c1-11(2,3)8-6(14)4-5-7(9(8)12)16-10(13)15/h4-5,14H,1-3H3,(H2,13,15). The van der Waals surface area contributed by atoms with Gasteiger partial charge in [0.2, 0.25) is 0 Å². The van der Waals surface area contributed by atoms with Crippen LogP contribution in [0, 0.1) is 0 Å². The number of hydrogen-bond donors (Lipinski definition) is 2. The lowest BCUT2D eigenvalue weighted by Gasteiger charge is -2.22. The topological polar surface area (TPSA) is 72.6 Å². The van der Waals surface area contributed by atoms with E-state index in [9.17, 15) is 9.90 Å². The number of phenols is 1. The maximum absolute atomic E-state index is 10.6. The summed E-state index contributed by atoms with van der Waals surface area (Å²) in [5.41, 5.74) is 5.07. The number of phenolic OH excluding ortho intramolecular Hbond substituents is 1. The third-order valence-electron chi connectivity index (χ3n) is 2.05. The summed E-state index contributed by atoms with van der Waals surface area (Å²) in [5.74, 6) is 0.214. The van der Waals surface area contributed by atoms with Crippen LogP contribution in [0.15, 0.2) is 12.1 Å². The average Bonchev–Trinajstić information content (AvgIpc) is 2.07. The monoisotopic (exact) mass is 243 g/mol. The zero-order chi connectivity index (χ0) is 12.5. The van der Waals surface area contributed by atoms with Crippen LogP contribution in [0.25, 0.3) is 0 Å². The zero-order valence-electron chi connectivity index (χ0n) is 9.37. The second-order valence-corrected chi connectivity index (χ2v) is 4.82. The molecule has 0 unspecified atom stereocenters. The molecule has 16 heavy (non-hydrogen) atoms. The first-order valence-electron chi connectivity index (χ1n) is 4.72. The van der Waals surface area contributed by atoms with Crippen molar-refractivity contribution < 1.29 is 14.6 Å². The fourth-order valence-corrected chi connectivity index (χ4v) is 1.93. The molecule has 0 heterocycles. The van der Waals surface area contributed by atoms with Gasteiger partial charge in [-0.25, -0.2) is 4.79 Å². The Hall–Kier alpha value is -1.42. The summed E-state index contributed by atoms with van der Waals surface area (Å²) in [5, 5.41) is 9.93. The van der Waals surface area contributed by atoms with Gasteiger partial charge in [0.15, 0.2) is 5.75 Å². The molecule has 3 N–H and O–H groups in total. The Labute approximate surface area is 99.0 Å². The first-order valence-corrected chi connectivity index (χ1v) is 5.10. The van der Waals surface area contributed by atoms with Gasteiger partial charge >= 0.3 is 6.09 Å². The molecule has 1 aromatic carbocycles. The molecule has 1 aromatic rings. The Balaban J connectivity index is 3.33. The normalized spacial score (nSPS) is 11.2. The Morgan fingerprint density at radius 3 is 2.44 bits per heavy atom. The summed E-state index contributed by atoms with van der Waals surface area (Å²) in [6, 6.07) is 2.82. The molecule has 0 aliphatic carbocycles. The van der Waals surface area contributed by atoms with E-state index in [4.69, 9.17) is 22.1 Å². The first-order chi connectivity index (χ1) is 7.23. The quantitative estimate of drug-likeness (QED) is 0.797. The predicted molar refractivity (Wildman–Crippen MR) is 62.0 cm³/mol. The Morgan fingerprint density at radius 2 is 2.00 bits per heavy atom. The molecular formula is C11H14ClNO3. The highest BCUT2D eigenvalue weighted by atomic mass is 35.5. The molecule has 0 radical (unpaired) electrons. The molecule has 0 fully saturated rings. The third kappa shape index (κ3) is 2.58. The molecule has 5 heteroatoms. The molecule has 0 bridgehead atoms. The minimum absolute atomic E-state index is 0.0642. The molecule has 0 saturated carbocycles. The number of rotatable bonds is 1. The number of carbonyl (C=O) groups excluding carboxylic acids is 1. The summed E-state index contributed by atoms with van der Waals surface area (Å²) in [6.07, 6.45) is -0.938. The average molecular weight is 244 g/mol. The van der Waals surface area contributed by atoms with E-state index in [0.29, 0.717) is 5.56 Å². The third-order valence-corrected chi connectivity index (χ3v) is 2.42. The van der Waals surface area contributed by atoms with Gasteiger partial charge in [-0.2, -0.15) is 0 Å². The summed E-state index contributed by atoms with van der Waals surface area (Å²) in [6.45, 7) is 5.67. The van der Waals surface area contributed by atoms with E-state index in [1.165, 1.54) is 12.1 Å². The number of benzene rings is 1. The van der Waals surface area contributed by atoms with E-state index in [1.807, 2.05) is 20.8 Å². The molecular weight excluding hydrogens is 230 g/mol. The molecule has 1 rings (SSSR count). The van der Waals surface area contributed by atoms with Crippen LogP contribution in [-0.2, 0) is 5.41 Å². The molecule has 0 aliphatic heterocycles. The van der Waals surface area contributed by atoms with Crippen LogP contribution in [0.3, 0.4) is 0 Å². The largest absolute Gasteiger partial charge is 0.508 e. The van der Waals surface area contributed by atoms with Gasteiger partial charge in [0.1, 0.15) is 5.75 Å². The maximum atomic E-state index is 10.6. The van der Waals surface area contributed by atoms with E-state index in [2.05, 4.69) is 0 Å². The summed E-state index contributed by atoms with van der Waals surface area (Å²) in [7, 11) is 0. The number of nitrogens with two attached hydrogens (primary N) is 1. The van der Waals surface area contributed by atoms with Crippen LogP contribution in [0.5, 0.6) is 11.5 Å². The van der Waals surface area contributed by atoms with Crippen molar-refractivity contribution in [2.75, 3.05) is 0 Å². The van der Waals surface area contributed by atoms with Crippen molar-refractivity contribution in [3.8, 4) is 11.5 Å². The van der Waals surface area contributed by atoms with Crippen LogP contribution in [0.2, 0.25) is 5.02 Å². The fourth-order valence-electron chi connectivity index (χ4n) is 1.45. The molecule has 0 spiro atoms. The fraction of sp³-hybridized carbons (Fsp3) is 0.364. The lowest BCUT2D eigenvalue weighted by molar-refractivity contribution is 0.210. The highest BCUT2D eigenvalue weighted by molar-refractivity contribution is 6.33. The molecule has 4 nitrogen and oxygen atoms in total. The summed E-state index contributed by atoms with van der Waals surface area (Å²) in [4.78, 5) is 10.6. The second-order valence-electron chi connectivity index (χ2n) is 4.44. The highest BCUT2D eigenvalue weighted by Gasteiger charge is 2.24. The van der Waals surface area contributed by atoms with Crippen LogP contribution in [0.1, 0.15) is 26.3 Å². The van der Waals surface area contributed by atoms with E-state index in [-0.39, 0.29) is 21.9 Å². The second kappa shape index (κ2) is 4.22. The number of primary amides is 1. The van der Waals surface area contributed by atoms with E-state index >= 15 is 0 Å². The minimum atomic E-state index is -0.938. The smallest absolute Gasteiger partial charge is 0.410 e. The number of amides is 1. The zero-order valence-corrected chi connectivity index (χ0v) is 10.1. The summed E-state index contributed by atoms with van der Waals surface area (Å²) >= 11 is 6.05.